The molecule has 0 bridgehead atoms. The van der Waals surface area contributed by atoms with Crippen molar-refractivity contribution < 1.29 is 9.53 Å². The molecule has 0 aromatic carbocycles. The Labute approximate surface area is 67.8 Å². The Balaban J connectivity index is 0. The molecule has 3 nitrogen and oxygen atoms in total. The van der Waals surface area contributed by atoms with Crippen LogP contribution >= 0.6 is 0 Å². The Bertz CT molecular complexity index is 117. The van der Waals surface area contributed by atoms with Crippen molar-refractivity contribution in [3.63, 3.8) is 0 Å². The molecule has 0 N–H and O–H groups in total. The Morgan fingerprint density at radius 1 is 1.73 bits per heavy atom. The first-order chi connectivity index (χ1) is 5.33. The van der Waals surface area contributed by atoms with Gasteiger partial charge in [-0.15, -0.1) is 6.58 Å². The van der Waals surface area contributed by atoms with Crippen LogP contribution in [0.4, 0.5) is 0 Å². The third-order valence-electron chi connectivity index (χ3n) is 0.616. The zero-order chi connectivity index (χ0) is 8.95. The number of hydrogen-bond acceptors (Lipinski definition) is 3. The van der Waals surface area contributed by atoms with Crippen molar-refractivity contribution in [2.45, 2.75) is 13.8 Å². The number of rotatable bonds is 4. The third-order valence-corrected chi connectivity index (χ3v) is 0.616. The summed E-state index contributed by atoms with van der Waals surface area (Å²) in [6.45, 7) is 8.77. The van der Waals surface area contributed by atoms with Gasteiger partial charge in [0.1, 0.15) is 0 Å². The molecule has 0 radical (unpaired) electrons. The Hall–Kier alpha value is -0.920. The minimum atomic E-state index is 0.428. The van der Waals surface area contributed by atoms with E-state index in [1.165, 1.54) is 6.08 Å². The van der Waals surface area contributed by atoms with Crippen LogP contribution in [0.5, 0.6) is 0 Å². The highest BCUT2D eigenvalue weighted by Crippen LogP contribution is 1.71. The molecule has 0 spiro atoms. The predicted molar refractivity (Wildman–Crippen MR) is 45.4 cm³/mol. The standard InChI is InChI=1S/C5H9NO2.C3H6/c1-2-8-4-3-6-5-7;1-3-2/h2-4H2,1H3;3H,1H2,2H3. The smallest absolute Gasteiger partial charge is 0.235 e. The van der Waals surface area contributed by atoms with Crippen LogP contribution in [0.15, 0.2) is 17.6 Å². The minimum Gasteiger partial charge on any atom is -0.380 e. The number of aliphatic imine (C=N–C) groups is 1. The van der Waals surface area contributed by atoms with E-state index < -0.39 is 0 Å². The van der Waals surface area contributed by atoms with Gasteiger partial charge in [-0.05, 0) is 13.8 Å². The van der Waals surface area contributed by atoms with Gasteiger partial charge in [-0.2, -0.15) is 0 Å². The van der Waals surface area contributed by atoms with E-state index in [0.717, 1.165) is 0 Å². The molecule has 0 aromatic rings. The molecule has 0 aliphatic rings. The Morgan fingerprint density at radius 3 is 2.64 bits per heavy atom. The van der Waals surface area contributed by atoms with E-state index in [9.17, 15) is 4.79 Å². The quantitative estimate of drug-likeness (QED) is 0.269. The van der Waals surface area contributed by atoms with Crippen LogP contribution in [0.1, 0.15) is 13.8 Å². The molecule has 0 atom stereocenters. The lowest BCUT2D eigenvalue weighted by Gasteiger charge is -1.91. The van der Waals surface area contributed by atoms with E-state index in [-0.39, 0.29) is 0 Å². The maximum atomic E-state index is 9.42. The number of allylic oxidation sites excluding steroid dienone is 1. The van der Waals surface area contributed by atoms with E-state index >= 15 is 0 Å². The topological polar surface area (TPSA) is 38.7 Å². The highest BCUT2D eigenvalue weighted by Gasteiger charge is 1.78. The van der Waals surface area contributed by atoms with Crippen LogP contribution in [0, 0.1) is 0 Å². The number of isocyanates is 1. The molecule has 0 saturated carbocycles. The summed E-state index contributed by atoms with van der Waals surface area (Å²) in [4.78, 5) is 12.7. The summed E-state index contributed by atoms with van der Waals surface area (Å²) in [7, 11) is 0. The monoisotopic (exact) mass is 157 g/mol. The van der Waals surface area contributed by atoms with Gasteiger partial charge in [-0.1, -0.05) is 6.08 Å². The fourth-order valence-electron chi connectivity index (χ4n) is 0.300. The Morgan fingerprint density at radius 2 is 2.27 bits per heavy atom. The van der Waals surface area contributed by atoms with Gasteiger partial charge >= 0.3 is 0 Å². The molecule has 0 unspecified atom stereocenters. The number of hydrogen-bond donors (Lipinski definition) is 0. The van der Waals surface area contributed by atoms with E-state index in [4.69, 9.17) is 4.74 Å². The summed E-state index contributed by atoms with van der Waals surface area (Å²) in [5, 5.41) is 0. The molecule has 3 heteroatoms. The highest BCUT2D eigenvalue weighted by molar-refractivity contribution is 5.32. The van der Waals surface area contributed by atoms with Crippen molar-refractivity contribution >= 4 is 6.08 Å². The molecule has 0 aliphatic heterocycles. The van der Waals surface area contributed by atoms with Gasteiger partial charge in [0, 0.05) is 6.61 Å². The molecule has 64 valence electrons. The van der Waals surface area contributed by atoms with Crippen LogP contribution in [0.25, 0.3) is 0 Å². The van der Waals surface area contributed by atoms with Gasteiger partial charge in [0.25, 0.3) is 0 Å². The largest absolute Gasteiger partial charge is 0.380 e. The minimum absolute atomic E-state index is 0.428. The Kier molecular flexibility index (Phi) is 18.6. The van der Waals surface area contributed by atoms with E-state index in [0.29, 0.717) is 19.8 Å². The first kappa shape index (κ1) is 12.7. The first-order valence-electron chi connectivity index (χ1n) is 3.51. The van der Waals surface area contributed by atoms with Crippen LogP contribution in [-0.4, -0.2) is 25.8 Å². The SMILES string of the molecule is C=CC.CCOCCN=C=O. The van der Waals surface area contributed by atoms with Gasteiger partial charge in [0.15, 0.2) is 0 Å². The average molecular weight is 157 g/mol. The molecular formula is C8H15NO2. The van der Waals surface area contributed by atoms with E-state index in [2.05, 4.69) is 11.6 Å². The van der Waals surface area contributed by atoms with Crippen molar-refractivity contribution in [1.29, 1.82) is 0 Å². The van der Waals surface area contributed by atoms with Crippen LogP contribution in [0.2, 0.25) is 0 Å². The summed E-state index contributed by atoms with van der Waals surface area (Å²) >= 11 is 0. The van der Waals surface area contributed by atoms with Gasteiger partial charge < -0.3 is 4.74 Å². The summed E-state index contributed by atoms with van der Waals surface area (Å²) in [6, 6.07) is 0. The number of carbonyl (C=O) groups excluding carboxylic acids is 1. The first-order valence-corrected chi connectivity index (χ1v) is 3.51. The lowest BCUT2D eigenvalue weighted by molar-refractivity contribution is 0.156. The molecule has 0 heterocycles. The fourth-order valence-corrected chi connectivity index (χ4v) is 0.300. The third kappa shape index (κ3) is 27.3. The fraction of sp³-hybridized carbons (Fsp3) is 0.625. The zero-order valence-corrected chi connectivity index (χ0v) is 7.17. The second kappa shape index (κ2) is 16.0. The lowest BCUT2D eigenvalue weighted by atomic mass is 10.7. The van der Waals surface area contributed by atoms with Crippen LogP contribution in [-0.2, 0) is 9.53 Å². The maximum absolute atomic E-state index is 9.42. The molecule has 0 aromatic heterocycles. The summed E-state index contributed by atoms with van der Waals surface area (Å²) < 4.78 is 4.86. The second-order valence-electron chi connectivity index (χ2n) is 1.58. The predicted octanol–water partition coefficient (Wildman–Crippen LogP) is 1.55. The maximum Gasteiger partial charge on any atom is 0.235 e. The molecule has 11 heavy (non-hydrogen) atoms. The summed E-state index contributed by atoms with van der Waals surface area (Å²) in [5.41, 5.74) is 0. The van der Waals surface area contributed by atoms with Crippen molar-refractivity contribution in [1.82, 2.24) is 0 Å². The average Bonchev–Trinajstić information content (AvgIpc) is 2.00. The van der Waals surface area contributed by atoms with Gasteiger partial charge in [0.2, 0.25) is 6.08 Å². The zero-order valence-electron chi connectivity index (χ0n) is 7.17. The lowest BCUT2D eigenvalue weighted by Crippen LogP contribution is -1.95. The van der Waals surface area contributed by atoms with Crippen molar-refractivity contribution in [3.8, 4) is 0 Å². The van der Waals surface area contributed by atoms with Crippen LogP contribution in [0.3, 0.4) is 0 Å². The molecule has 0 amide bonds. The van der Waals surface area contributed by atoms with Gasteiger partial charge in [0.05, 0.1) is 13.2 Å². The number of ether oxygens (including phenoxy) is 1. The van der Waals surface area contributed by atoms with Gasteiger partial charge in [-0.25, -0.2) is 9.79 Å². The normalized spacial score (nSPS) is 7.09. The van der Waals surface area contributed by atoms with E-state index in [1.807, 2.05) is 13.8 Å². The molecule has 0 fully saturated rings. The molecule has 0 saturated heterocycles. The molecular weight excluding hydrogens is 142 g/mol. The van der Waals surface area contributed by atoms with E-state index in [1.54, 1.807) is 6.08 Å². The highest BCUT2D eigenvalue weighted by atomic mass is 16.5. The van der Waals surface area contributed by atoms with Crippen molar-refractivity contribution in [3.05, 3.63) is 12.7 Å². The van der Waals surface area contributed by atoms with Crippen molar-refractivity contribution in [2.24, 2.45) is 4.99 Å². The second-order valence-corrected chi connectivity index (χ2v) is 1.58. The molecule has 0 aliphatic carbocycles. The van der Waals surface area contributed by atoms with Gasteiger partial charge in [-0.3, -0.25) is 0 Å². The van der Waals surface area contributed by atoms with Crippen molar-refractivity contribution in [2.75, 3.05) is 19.8 Å². The summed E-state index contributed by atoms with van der Waals surface area (Å²) in [6.07, 6.45) is 3.17. The number of nitrogens with zero attached hydrogens (tertiary/aromatic N) is 1. The molecule has 0 rings (SSSR count). The summed E-state index contributed by atoms with van der Waals surface area (Å²) in [5.74, 6) is 0. The van der Waals surface area contributed by atoms with Crippen LogP contribution < -0.4 is 0 Å².